The number of halogens is 1. The Kier molecular flexibility index (Phi) is 8.42. The molecule has 0 saturated carbocycles. The summed E-state index contributed by atoms with van der Waals surface area (Å²) < 4.78 is 42.6. The molecule has 37 heavy (non-hydrogen) atoms. The molecule has 2 aromatic carbocycles. The number of rotatable bonds is 8. The highest BCUT2D eigenvalue weighted by atomic mass is 35.5. The van der Waals surface area contributed by atoms with Crippen LogP contribution in [0.2, 0.25) is 0 Å². The minimum absolute atomic E-state index is 0. The summed E-state index contributed by atoms with van der Waals surface area (Å²) in [6.45, 7) is 2.79. The second-order valence-electron chi connectivity index (χ2n) is 8.67. The minimum Gasteiger partial charge on any atom is -0.481 e. The molecule has 0 N–H and O–H groups in total. The first kappa shape index (κ1) is 27.4. The molecule has 8 nitrogen and oxygen atoms in total. The maximum atomic E-state index is 14.2. The molecule has 0 atom stereocenters. The Hall–Kier alpha value is -2.66. The molecule has 198 valence electrons. The lowest BCUT2D eigenvalue weighted by Crippen LogP contribution is -2.41. The average molecular weight is 563 g/mol. The molecule has 5 rings (SSSR count). The first-order valence-corrected chi connectivity index (χ1v) is 14.4. The van der Waals surface area contributed by atoms with Crippen LogP contribution in [0.1, 0.15) is 0 Å². The monoisotopic (exact) mass is 562 g/mol. The van der Waals surface area contributed by atoms with Gasteiger partial charge in [-0.15, -0.1) is 12.4 Å². The fraction of sp³-hybridized carbons (Fsp3) is 0.346. The normalized spacial score (nSPS) is 14.5. The highest BCUT2D eigenvalue weighted by molar-refractivity contribution is 7.99. The van der Waals surface area contributed by atoms with E-state index in [1.807, 2.05) is 49.1 Å². The Bertz CT molecular complexity index is 1500. The van der Waals surface area contributed by atoms with Gasteiger partial charge in [0.15, 0.2) is 0 Å². The van der Waals surface area contributed by atoms with Gasteiger partial charge in [-0.2, -0.15) is 16.7 Å². The number of nitrogens with zero attached hydrogens (tertiary/aromatic N) is 4. The number of ether oxygens (including phenoxy) is 2. The number of hydrogen-bond acceptors (Lipinski definition) is 7. The van der Waals surface area contributed by atoms with Gasteiger partial charge in [0.2, 0.25) is 11.8 Å². The van der Waals surface area contributed by atoms with Crippen LogP contribution in [0.3, 0.4) is 0 Å². The third kappa shape index (κ3) is 5.20. The van der Waals surface area contributed by atoms with Crippen molar-refractivity contribution in [1.29, 1.82) is 0 Å². The molecule has 2 aromatic heterocycles. The van der Waals surface area contributed by atoms with Gasteiger partial charge < -0.3 is 14.0 Å². The molecule has 0 bridgehead atoms. The summed E-state index contributed by atoms with van der Waals surface area (Å²) in [5.74, 6) is 2.67. The Balaban J connectivity index is 0.00000320. The van der Waals surface area contributed by atoms with E-state index in [-0.39, 0.29) is 29.7 Å². The van der Waals surface area contributed by atoms with Crippen LogP contribution in [0.15, 0.2) is 59.5 Å². The molecule has 11 heteroatoms. The van der Waals surface area contributed by atoms with Crippen molar-refractivity contribution < 1.29 is 17.9 Å². The van der Waals surface area contributed by atoms with Crippen molar-refractivity contribution in [2.75, 3.05) is 56.2 Å². The van der Waals surface area contributed by atoms with E-state index in [4.69, 9.17) is 9.47 Å². The van der Waals surface area contributed by atoms with Crippen molar-refractivity contribution in [3.63, 3.8) is 0 Å². The molecule has 0 spiro atoms. The lowest BCUT2D eigenvalue weighted by molar-refractivity contribution is 0.311. The zero-order valence-electron chi connectivity index (χ0n) is 21.1. The molecule has 1 fully saturated rings. The zero-order valence-corrected chi connectivity index (χ0v) is 23.5. The van der Waals surface area contributed by atoms with Crippen molar-refractivity contribution in [2.24, 2.45) is 7.05 Å². The maximum absolute atomic E-state index is 14.2. The molecular formula is C26H31ClN4O4S2. The summed E-state index contributed by atoms with van der Waals surface area (Å²) in [6, 6.07) is 16.7. The first-order chi connectivity index (χ1) is 17.4. The van der Waals surface area contributed by atoms with Crippen LogP contribution in [-0.2, 0) is 17.1 Å². The van der Waals surface area contributed by atoms with Crippen LogP contribution in [0.25, 0.3) is 21.8 Å². The molecule has 0 amide bonds. The number of aromatic nitrogens is 2. The van der Waals surface area contributed by atoms with Crippen LogP contribution in [-0.4, -0.2) is 74.8 Å². The SMILES string of the molecule is COc1ccc(N(CCN2CCSCC2)S(=O)(=O)c2ccc3c(c2)c2ccccc2n3C)c(OC)n1.Cl. The molecule has 0 unspecified atom stereocenters. The van der Waals surface area contributed by atoms with Crippen LogP contribution in [0.4, 0.5) is 5.69 Å². The largest absolute Gasteiger partial charge is 0.481 e. The van der Waals surface area contributed by atoms with Gasteiger partial charge in [0.05, 0.1) is 19.1 Å². The first-order valence-electron chi connectivity index (χ1n) is 11.8. The maximum Gasteiger partial charge on any atom is 0.264 e. The van der Waals surface area contributed by atoms with Crippen molar-refractivity contribution in [3.05, 3.63) is 54.6 Å². The second-order valence-corrected chi connectivity index (χ2v) is 11.8. The van der Waals surface area contributed by atoms with Crippen molar-refractivity contribution in [2.45, 2.75) is 4.90 Å². The van der Waals surface area contributed by atoms with Gasteiger partial charge in [-0.3, -0.25) is 9.21 Å². The van der Waals surface area contributed by atoms with Crippen LogP contribution in [0, 0.1) is 0 Å². The van der Waals surface area contributed by atoms with E-state index < -0.39 is 10.0 Å². The number of hydrogen-bond donors (Lipinski definition) is 0. The summed E-state index contributed by atoms with van der Waals surface area (Å²) in [6.07, 6.45) is 0. The van der Waals surface area contributed by atoms with Crippen LogP contribution >= 0.6 is 24.2 Å². The number of fused-ring (bicyclic) bond motifs is 3. The number of sulfonamides is 1. The van der Waals surface area contributed by atoms with E-state index in [9.17, 15) is 8.42 Å². The fourth-order valence-corrected chi connectivity index (χ4v) is 7.19. The highest BCUT2D eigenvalue weighted by Gasteiger charge is 2.30. The summed E-state index contributed by atoms with van der Waals surface area (Å²) in [5.41, 5.74) is 2.43. The molecule has 1 aliphatic heterocycles. The van der Waals surface area contributed by atoms with Gasteiger partial charge >= 0.3 is 0 Å². The van der Waals surface area contributed by atoms with Gasteiger partial charge in [0, 0.05) is 72.6 Å². The average Bonchev–Trinajstić information content (AvgIpc) is 3.20. The van der Waals surface area contributed by atoms with Crippen LogP contribution in [0.5, 0.6) is 11.8 Å². The third-order valence-electron chi connectivity index (χ3n) is 6.68. The molecule has 4 aromatic rings. The van der Waals surface area contributed by atoms with Gasteiger partial charge in [-0.1, -0.05) is 18.2 Å². The molecule has 0 aliphatic carbocycles. The molecule has 1 saturated heterocycles. The Morgan fingerprint density at radius 2 is 1.70 bits per heavy atom. The second kappa shape index (κ2) is 11.4. The number of aryl methyl sites for hydroxylation is 1. The predicted octanol–water partition coefficient (Wildman–Crippen LogP) is 4.41. The number of methoxy groups -OCH3 is 2. The fourth-order valence-electron chi connectivity index (χ4n) is 4.73. The highest BCUT2D eigenvalue weighted by Crippen LogP contribution is 2.35. The summed E-state index contributed by atoms with van der Waals surface area (Å²) in [7, 11) is 1.07. The third-order valence-corrected chi connectivity index (χ3v) is 9.43. The molecule has 1 aliphatic rings. The number of benzene rings is 2. The van der Waals surface area contributed by atoms with E-state index in [1.54, 1.807) is 24.3 Å². The quantitative estimate of drug-likeness (QED) is 0.315. The number of thioether (sulfide) groups is 1. The number of para-hydroxylation sites is 1. The van der Waals surface area contributed by atoms with Gasteiger partial charge in [-0.05, 0) is 30.3 Å². The summed E-state index contributed by atoms with van der Waals surface area (Å²) >= 11 is 1.93. The number of anilines is 1. The molecule has 0 radical (unpaired) electrons. The zero-order chi connectivity index (χ0) is 25.3. The van der Waals surface area contributed by atoms with E-state index in [0.717, 1.165) is 46.4 Å². The molecule has 3 heterocycles. The standard InChI is InChI=1S/C26H30N4O4S2.ClH/c1-28-22-7-5-4-6-20(22)21-18-19(8-9-23(21)28)36(31,32)30(13-12-29-14-16-35-17-15-29)24-10-11-25(33-2)27-26(24)34-3;/h4-11,18H,12-17H2,1-3H3;1H. The van der Waals surface area contributed by atoms with E-state index in [2.05, 4.69) is 14.5 Å². The van der Waals surface area contributed by atoms with E-state index in [0.29, 0.717) is 18.1 Å². The summed E-state index contributed by atoms with van der Waals surface area (Å²) in [5, 5.41) is 1.93. The van der Waals surface area contributed by atoms with Gasteiger partial charge in [0.25, 0.3) is 10.0 Å². The lowest BCUT2D eigenvalue weighted by atomic mass is 10.1. The molecular weight excluding hydrogens is 532 g/mol. The topological polar surface area (TPSA) is 76.9 Å². The Labute approximate surface area is 228 Å². The van der Waals surface area contributed by atoms with Gasteiger partial charge in [0.1, 0.15) is 5.69 Å². The summed E-state index contributed by atoms with van der Waals surface area (Å²) in [4.78, 5) is 6.89. The number of pyridine rings is 1. The van der Waals surface area contributed by atoms with Crippen molar-refractivity contribution in [1.82, 2.24) is 14.5 Å². The minimum atomic E-state index is -3.93. The smallest absolute Gasteiger partial charge is 0.264 e. The van der Waals surface area contributed by atoms with Crippen LogP contribution < -0.4 is 13.8 Å². The van der Waals surface area contributed by atoms with E-state index in [1.165, 1.54) is 18.5 Å². The Morgan fingerprint density at radius 1 is 0.973 bits per heavy atom. The van der Waals surface area contributed by atoms with Crippen molar-refractivity contribution in [3.8, 4) is 11.8 Å². The van der Waals surface area contributed by atoms with E-state index >= 15 is 0 Å². The van der Waals surface area contributed by atoms with Crippen molar-refractivity contribution >= 4 is 61.7 Å². The Morgan fingerprint density at radius 3 is 2.43 bits per heavy atom. The predicted molar refractivity (Wildman–Crippen MR) is 153 cm³/mol. The lowest BCUT2D eigenvalue weighted by Gasteiger charge is -2.31. The van der Waals surface area contributed by atoms with Gasteiger partial charge in [-0.25, -0.2) is 8.42 Å².